The van der Waals surface area contributed by atoms with E-state index in [1.807, 2.05) is 0 Å². The molecule has 0 amide bonds. The van der Waals surface area contributed by atoms with Crippen LogP contribution in [0.3, 0.4) is 0 Å². The van der Waals surface area contributed by atoms with Gasteiger partial charge in [0.05, 0.1) is 0 Å². The summed E-state index contributed by atoms with van der Waals surface area (Å²) in [5.41, 5.74) is 0. The predicted molar refractivity (Wildman–Crippen MR) is 57.8 cm³/mol. The molecule has 0 bridgehead atoms. The molecule has 1 N–H and O–H groups in total. The molecule has 0 radical (unpaired) electrons. The Morgan fingerprint density at radius 3 is 2.67 bits per heavy atom. The van der Waals surface area contributed by atoms with Crippen LogP contribution < -0.4 is 5.32 Å². The first-order chi connectivity index (χ1) is 5.86. The van der Waals surface area contributed by atoms with Crippen LogP contribution in [0.5, 0.6) is 0 Å². The fourth-order valence-corrected chi connectivity index (χ4v) is 2.29. The van der Waals surface area contributed by atoms with Crippen LogP contribution in [0.2, 0.25) is 0 Å². The van der Waals surface area contributed by atoms with E-state index in [4.69, 9.17) is 0 Å². The van der Waals surface area contributed by atoms with Crippen molar-refractivity contribution in [2.24, 2.45) is 5.92 Å². The molecular formula is C10H21NS. The molecule has 1 aliphatic carbocycles. The van der Waals surface area contributed by atoms with Crippen molar-refractivity contribution in [3.63, 3.8) is 0 Å². The summed E-state index contributed by atoms with van der Waals surface area (Å²) in [6, 6.07) is 0.785. The van der Waals surface area contributed by atoms with Crippen molar-refractivity contribution in [1.82, 2.24) is 5.32 Å². The van der Waals surface area contributed by atoms with Gasteiger partial charge in [0.1, 0.15) is 0 Å². The SMILES string of the molecule is CCNC(CSCC)CC1CC1. The van der Waals surface area contributed by atoms with Crippen molar-refractivity contribution in [3.05, 3.63) is 0 Å². The van der Waals surface area contributed by atoms with Gasteiger partial charge < -0.3 is 5.32 Å². The zero-order chi connectivity index (χ0) is 8.81. The number of hydrogen-bond acceptors (Lipinski definition) is 2. The van der Waals surface area contributed by atoms with Gasteiger partial charge in [-0.3, -0.25) is 0 Å². The summed E-state index contributed by atoms with van der Waals surface area (Å²) in [6.45, 7) is 5.57. The second-order valence-corrected chi connectivity index (χ2v) is 4.91. The summed E-state index contributed by atoms with van der Waals surface area (Å²) in [6.07, 6.45) is 4.39. The zero-order valence-electron chi connectivity index (χ0n) is 8.31. The molecule has 1 rings (SSSR count). The Morgan fingerprint density at radius 1 is 1.42 bits per heavy atom. The maximum atomic E-state index is 3.57. The lowest BCUT2D eigenvalue weighted by Crippen LogP contribution is -2.31. The second kappa shape index (κ2) is 5.87. The van der Waals surface area contributed by atoms with Crippen LogP contribution in [0.15, 0.2) is 0 Å². The Bertz CT molecular complexity index is 112. The van der Waals surface area contributed by atoms with E-state index < -0.39 is 0 Å². The Kier molecular flexibility index (Phi) is 5.08. The normalized spacial score (nSPS) is 19.5. The fourth-order valence-electron chi connectivity index (χ4n) is 1.52. The highest BCUT2D eigenvalue weighted by Gasteiger charge is 2.24. The molecule has 72 valence electrons. The minimum absolute atomic E-state index is 0.785. The summed E-state index contributed by atoms with van der Waals surface area (Å²) in [5.74, 6) is 3.62. The summed E-state index contributed by atoms with van der Waals surface area (Å²) in [7, 11) is 0. The van der Waals surface area contributed by atoms with Crippen LogP contribution in [0.1, 0.15) is 33.1 Å². The van der Waals surface area contributed by atoms with Gasteiger partial charge in [0, 0.05) is 11.8 Å². The third-order valence-corrected chi connectivity index (χ3v) is 3.38. The second-order valence-electron chi connectivity index (χ2n) is 3.59. The highest BCUT2D eigenvalue weighted by Crippen LogP contribution is 2.33. The lowest BCUT2D eigenvalue weighted by Gasteiger charge is -2.16. The minimum atomic E-state index is 0.785. The fraction of sp³-hybridized carbons (Fsp3) is 1.00. The molecule has 1 saturated carbocycles. The van der Waals surface area contributed by atoms with Gasteiger partial charge in [-0.1, -0.05) is 26.7 Å². The standard InChI is InChI=1S/C10H21NS/c1-3-11-10(8-12-4-2)7-9-5-6-9/h9-11H,3-8H2,1-2H3. The van der Waals surface area contributed by atoms with Crippen LogP contribution in [0, 0.1) is 5.92 Å². The first-order valence-corrected chi connectivity index (χ1v) is 6.33. The number of hydrogen-bond donors (Lipinski definition) is 1. The Balaban J connectivity index is 2.07. The van der Waals surface area contributed by atoms with Crippen LogP contribution in [-0.4, -0.2) is 24.1 Å². The highest BCUT2D eigenvalue weighted by molar-refractivity contribution is 7.99. The van der Waals surface area contributed by atoms with Gasteiger partial charge in [0.25, 0.3) is 0 Å². The van der Waals surface area contributed by atoms with Gasteiger partial charge in [-0.25, -0.2) is 0 Å². The average Bonchev–Trinajstić information content (AvgIpc) is 2.84. The van der Waals surface area contributed by atoms with Crippen molar-refractivity contribution in [2.45, 2.75) is 39.2 Å². The Morgan fingerprint density at radius 2 is 2.17 bits per heavy atom. The van der Waals surface area contributed by atoms with Crippen molar-refractivity contribution in [2.75, 3.05) is 18.1 Å². The third kappa shape index (κ3) is 4.36. The molecule has 0 heterocycles. The van der Waals surface area contributed by atoms with E-state index in [0.29, 0.717) is 0 Å². The number of nitrogens with one attached hydrogen (secondary N) is 1. The van der Waals surface area contributed by atoms with E-state index in [1.165, 1.54) is 30.8 Å². The zero-order valence-corrected chi connectivity index (χ0v) is 9.12. The van der Waals surface area contributed by atoms with Crippen molar-refractivity contribution < 1.29 is 0 Å². The van der Waals surface area contributed by atoms with Gasteiger partial charge in [0.15, 0.2) is 0 Å². The molecular weight excluding hydrogens is 166 g/mol. The van der Waals surface area contributed by atoms with E-state index in [-0.39, 0.29) is 0 Å². The molecule has 1 aliphatic rings. The molecule has 0 spiro atoms. The quantitative estimate of drug-likeness (QED) is 0.657. The Hall–Kier alpha value is 0.310. The van der Waals surface area contributed by atoms with Gasteiger partial charge in [-0.05, 0) is 24.6 Å². The topological polar surface area (TPSA) is 12.0 Å². The van der Waals surface area contributed by atoms with E-state index >= 15 is 0 Å². The first-order valence-electron chi connectivity index (χ1n) is 5.18. The lowest BCUT2D eigenvalue weighted by atomic mass is 10.1. The van der Waals surface area contributed by atoms with Crippen molar-refractivity contribution in [1.29, 1.82) is 0 Å². The van der Waals surface area contributed by atoms with Gasteiger partial charge in [-0.15, -0.1) is 0 Å². The highest BCUT2D eigenvalue weighted by atomic mass is 32.2. The summed E-state index contributed by atoms with van der Waals surface area (Å²) in [4.78, 5) is 0. The Labute approximate surface area is 80.7 Å². The largest absolute Gasteiger partial charge is 0.313 e. The first kappa shape index (κ1) is 10.4. The molecule has 2 heteroatoms. The summed E-state index contributed by atoms with van der Waals surface area (Å²) in [5, 5.41) is 3.57. The van der Waals surface area contributed by atoms with Crippen LogP contribution >= 0.6 is 11.8 Å². The number of thioether (sulfide) groups is 1. The van der Waals surface area contributed by atoms with Crippen molar-refractivity contribution in [3.8, 4) is 0 Å². The van der Waals surface area contributed by atoms with Crippen LogP contribution in [0.25, 0.3) is 0 Å². The summed E-state index contributed by atoms with van der Waals surface area (Å²) >= 11 is 2.06. The molecule has 1 unspecified atom stereocenters. The molecule has 12 heavy (non-hydrogen) atoms. The predicted octanol–water partition coefficient (Wildman–Crippen LogP) is 2.52. The molecule has 0 aromatic heterocycles. The monoisotopic (exact) mass is 187 g/mol. The van der Waals surface area contributed by atoms with Gasteiger partial charge >= 0.3 is 0 Å². The lowest BCUT2D eigenvalue weighted by molar-refractivity contribution is 0.508. The maximum Gasteiger partial charge on any atom is 0.0160 e. The molecule has 0 saturated heterocycles. The molecule has 1 atom stereocenters. The van der Waals surface area contributed by atoms with Crippen LogP contribution in [-0.2, 0) is 0 Å². The van der Waals surface area contributed by atoms with E-state index in [2.05, 4.69) is 30.9 Å². The van der Waals surface area contributed by atoms with E-state index in [0.717, 1.165) is 18.5 Å². The summed E-state index contributed by atoms with van der Waals surface area (Å²) < 4.78 is 0. The van der Waals surface area contributed by atoms with Crippen molar-refractivity contribution >= 4 is 11.8 Å². The molecule has 0 aromatic carbocycles. The molecule has 0 aromatic rings. The van der Waals surface area contributed by atoms with E-state index in [1.54, 1.807) is 0 Å². The third-order valence-electron chi connectivity index (χ3n) is 2.33. The van der Waals surface area contributed by atoms with Gasteiger partial charge in [0.2, 0.25) is 0 Å². The molecule has 1 fully saturated rings. The van der Waals surface area contributed by atoms with Crippen LogP contribution in [0.4, 0.5) is 0 Å². The molecule has 0 aliphatic heterocycles. The smallest absolute Gasteiger partial charge is 0.0160 e. The average molecular weight is 187 g/mol. The number of rotatable bonds is 7. The maximum absolute atomic E-state index is 3.57. The minimum Gasteiger partial charge on any atom is -0.313 e. The van der Waals surface area contributed by atoms with Gasteiger partial charge in [-0.2, -0.15) is 11.8 Å². The molecule has 1 nitrogen and oxygen atoms in total. The van der Waals surface area contributed by atoms with E-state index in [9.17, 15) is 0 Å².